The van der Waals surface area contributed by atoms with Gasteiger partial charge in [-0.2, -0.15) is 0 Å². The maximum absolute atomic E-state index is 5.42. The Labute approximate surface area is 744 Å². The van der Waals surface area contributed by atoms with Crippen molar-refractivity contribution in [1.82, 2.24) is 89.7 Å². The van der Waals surface area contributed by atoms with Gasteiger partial charge in [0.25, 0.3) is 0 Å². The van der Waals surface area contributed by atoms with Crippen LogP contribution in [0.15, 0.2) is 162 Å². The number of hydrogen-bond acceptors (Lipinski definition) is 18. The Balaban J connectivity index is -0.0000000452. The second kappa shape index (κ2) is 103. The minimum atomic E-state index is 0. The molecule has 0 unspecified atom stereocenters. The smallest absolute Gasteiger partial charge is 1.00 e. The molecule has 9 aromatic rings. The number of nitrogens with zero attached hydrogens (tertiary/aromatic N) is 18. The van der Waals surface area contributed by atoms with E-state index in [1.54, 1.807) is 98.5 Å². The van der Waals surface area contributed by atoms with Gasteiger partial charge < -0.3 is 104 Å². The first kappa shape index (κ1) is 124. The molecular weight excluding hydrogens is 2480 g/mol. The van der Waals surface area contributed by atoms with Crippen molar-refractivity contribution >= 4 is 331 Å². The van der Waals surface area contributed by atoms with Crippen molar-refractivity contribution < 1.29 is 131 Å². The second-order valence-corrected chi connectivity index (χ2v) is 16.0. The van der Waals surface area contributed by atoms with E-state index in [0.717, 1.165) is 24.5 Å². The van der Waals surface area contributed by atoms with E-state index < -0.39 is 0 Å². The van der Waals surface area contributed by atoms with E-state index in [-0.39, 0.29) is 205 Å². The Morgan fingerprint density at radius 2 is 0.852 bits per heavy atom. The summed E-state index contributed by atoms with van der Waals surface area (Å²) in [6.45, 7) is 0. The van der Waals surface area contributed by atoms with E-state index in [4.69, 9.17) is 34.8 Å². The van der Waals surface area contributed by atoms with Crippen LogP contribution >= 0.6 is 262 Å². The van der Waals surface area contributed by atoms with Gasteiger partial charge in [0.2, 0.25) is 10.6 Å². The normalized spacial score (nSPS) is 7.00. The zero-order valence-corrected chi connectivity index (χ0v) is 76.2. The first-order valence-electron chi connectivity index (χ1n) is 16.5. The van der Waals surface area contributed by atoms with Crippen molar-refractivity contribution in [3.8, 4) is 0 Å². The molecule has 18 nitrogen and oxygen atoms in total. The minimum absolute atomic E-state index is 0. The summed E-state index contributed by atoms with van der Waals surface area (Å²) in [6.07, 6.45) is 36.4. The first-order valence-corrected chi connectivity index (χ1v) is 42.1. The van der Waals surface area contributed by atoms with Gasteiger partial charge in [0.1, 0.15) is 41.7 Å². The molecule has 0 saturated heterocycles. The van der Waals surface area contributed by atoms with Gasteiger partial charge in [-0.25, -0.2) is 59.8 Å². The molecule has 0 fully saturated rings. The number of rotatable bonds is 0. The molecule has 0 aliphatic carbocycles. The topological polar surface area (TPSA) is 232 Å². The number of aromatic nitrogens is 18. The molecule has 0 saturated carbocycles. The predicted molar refractivity (Wildman–Crippen MR) is 372 cm³/mol. The van der Waals surface area contributed by atoms with Crippen LogP contribution in [0, 0.1) is 29.7 Å². The molecule has 45 heteroatoms. The largest absolute Gasteiger partial charge is 2.00 e. The maximum Gasteiger partial charge on any atom is 2.00 e. The van der Waals surface area contributed by atoms with Crippen LogP contribution in [0.5, 0.6) is 0 Å². The third-order valence-electron chi connectivity index (χ3n) is 4.71. The third-order valence-corrected chi connectivity index (χ3v) is 9.48. The predicted octanol–water partition coefficient (Wildman–Crippen LogP) is -13.0. The summed E-state index contributed by atoms with van der Waals surface area (Å²) < 4.78 is 5.43. The van der Waals surface area contributed by atoms with E-state index in [1.165, 1.54) is 44.2 Å². The van der Waals surface area contributed by atoms with Gasteiger partial charge >= 0.3 is 126 Å². The van der Waals surface area contributed by atoms with Crippen molar-refractivity contribution in [2.75, 3.05) is 0 Å². The molecule has 0 spiro atoms. The molecule has 0 radical (unpaired) electrons. The zero-order chi connectivity index (χ0) is 52.0. The van der Waals surface area contributed by atoms with Gasteiger partial charge in [0.15, 0.2) is 0 Å². The van der Waals surface area contributed by atoms with Crippen LogP contribution in [0.3, 0.4) is 0 Å². The summed E-state index contributed by atoms with van der Waals surface area (Å²) >= 11 is 44.6. The first-order chi connectivity index (χ1) is 33.6. The SMILES string of the molecule is Brc1[c-]ncnc1.Brc1cncnc1.Brc1cncnc1I.Clc1n[c-]ccn1.Clc1nccc(I)n1.Clc1ncccn1.II.II.II.Ic1ccncn1.[Cl-].[Cl-].[Cl-].[Cl-].[Cl-].[Cl-].[Li+].[Li+].[Li+].[Mg+2].[Mg+2].[Mg+2].[c-]1ccncn1.c1cncnc1. The molecule has 0 N–H and O–H groups in total. The van der Waals surface area contributed by atoms with E-state index in [2.05, 4.69) is 336 Å². The molecule has 0 aliphatic rings. The van der Waals surface area contributed by atoms with Crippen LogP contribution in [0.25, 0.3) is 0 Å². The van der Waals surface area contributed by atoms with Crippen molar-refractivity contribution in [1.29, 1.82) is 0 Å². The maximum atomic E-state index is 5.42. The van der Waals surface area contributed by atoms with Crippen molar-refractivity contribution in [2.24, 2.45) is 0 Å². The molecular formula is C36H24Br3Cl9I9Li3Mg3N18. The Hall–Kier alpha value is 6.43. The van der Waals surface area contributed by atoms with Gasteiger partial charge in [-0.1, -0.05) is 57.6 Å². The van der Waals surface area contributed by atoms with E-state index in [9.17, 15) is 0 Å². The van der Waals surface area contributed by atoms with E-state index in [1.807, 2.05) is 6.07 Å². The summed E-state index contributed by atoms with van der Waals surface area (Å²) in [5, 5.41) is 0.835. The number of hydrogen-bond donors (Lipinski definition) is 0. The summed E-state index contributed by atoms with van der Waals surface area (Å²) in [6, 6.07) is 10.4. The van der Waals surface area contributed by atoms with E-state index in [0.29, 0.717) is 10.6 Å². The summed E-state index contributed by atoms with van der Waals surface area (Å²) in [7, 11) is 0. The third kappa shape index (κ3) is 97.7. The average Bonchev–Trinajstić information content (AvgIpc) is 3.40. The molecule has 0 bridgehead atoms. The van der Waals surface area contributed by atoms with Crippen LogP contribution in [0.4, 0.5) is 0 Å². The molecule has 414 valence electrons. The molecule has 9 rings (SSSR count). The van der Waals surface area contributed by atoms with Crippen LogP contribution in [-0.2, 0) is 0 Å². The quantitative estimate of drug-likeness (QED) is 0.0451. The fourth-order valence-electron chi connectivity index (χ4n) is 2.43. The summed E-state index contributed by atoms with van der Waals surface area (Å²) in [4.78, 5) is 66.4. The molecule has 0 aromatic carbocycles. The molecule has 81 heavy (non-hydrogen) atoms. The fraction of sp³-hybridized carbons (Fsp3) is 0. The fourth-order valence-corrected chi connectivity index (χ4v) is 4.55. The van der Waals surface area contributed by atoms with Gasteiger partial charge in [0.05, 0.1) is 8.95 Å². The Morgan fingerprint density at radius 3 is 1.07 bits per heavy atom. The minimum Gasteiger partial charge on any atom is -1.00 e. The van der Waals surface area contributed by atoms with Crippen molar-refractivity contribution in [3.05, 3.63) is 208 Å². The summed E-state index contributed by atoms with van der Waals surface area (Å²) in [5.74, 6) is 0. The monoisotopic (exact) mass is 2490 g/mol. The zero-order valence-electron chi connectivity index (χ0n) is 41.0. The molecule has 0 atom stereocenters. The molecule has 9 aromatic heterocycles. The van der Waals surface area contributed by atoms with Crippen molar-refractivity contribution in [2.45, 2.75) is 0 Å². The van der Waals surface area contributed by atoms with E-state index >= 15 is 0 Å². The second-order valence-electron chi connectivity index (χ2n) is 9.10. The van der Waals surface area contributed by atoms with Crippen molar-refractivity contribution in [3.63, 3.8) is 0 Å². The van der Waals surface area contributed by atoms with Crippen LogP contribution in [0.1, 0.15) is 0 Å². The average molecular weight is 2500 g/mol. The molecule has 0 amide bonds. The van der Waals surface area contributed by atoms with Gasteiger partial charge in [0, 0.05) is 167 Å². The van der Waals surface area contributed by atoms with Gasteiger partial charge in [-0.05, 0) is 160 Å². The molecule has 0 aliphatic heterocycles. The Morgan fingerprint density at radius 1 is 0.407 bits per heavy atom. The van der Waals surface area contributed by atoms with Gasteiger partial charge in [-0.15, -0.1) is 23.7 Å². The Bertz CT molecular complexity index is 2110. The standard InChI is InChI=1S/C4H2BrIN2.C4H3BrN2.C4H2BrN2.C4H2ClIN2.C4H3ClN2.C4H2ClN2.C4H3IN2.C4H4N2.C4H3N2.6ClH.3I2.3Li.3Mg/c5-3-1-7-2-8-4(3)6;2*5-4-1-6-3-7-2-4;5-4-7-2-1-3(6)8-4;2*5-4-6-2-1-3-7-4;5-4-1-2-6-3-7-4;2*1-2-5-4-6-3-1;;;;;;;3*1-2;;;;;;/h1-2H;1-3H;1,3H;1-2H;1-3H;1-2H;1-3H;1-4H;1-2,4H;6*1H;;;;;;;;;/q;;-1;;;-1;;;-1;;;;;;;;;;3*+1;3*+2/p-6. The summed E-state index contributed by atoms with van der Waals surface area (Å²) in [5.41, 5.74) is 0. The van der Waals surface area contributed by atoms with Crippen LogP contribution in [-0.4, -0.2) is 159 Å². The van der Waals surface area contributed by atoms with Gasteiger partial charge in [-0.3, -0.25) is 0 Å². The van der Waals surface area contributed by atoms with Crippen LogP contribution in [0.2, 0.25) is 15.9 Å². The Kier molecular flexibility index (Phi) is 158. The number of halogens is 21. The van der Waals surface area contributed by atoms with Crippen LogP contribution < -0.4 is 131 Å². The molecule has 9 heterocycles.